The number of halogens is 1. The van der Waals surface area contributed by atoms with Gasteiger partial charge in [-0.1, -0.05) is 41.9 Å². The molecule has 0 atom stereocenters. The Labute approximate surface area is 104 Å². The summed E-state index contributed by atoms with van der Waals surface area (Å²) in [5.41, 5.74) is 1.30. The van der Waals surface area contributed by atoms with Crippen molar-refractivity contribution in [1.29, 1.82) is 5.26 Å². The maximum atomic E-state index is 8.94. The van der Waals surface area contributed by atoms with Crippen molar-refractivity contribution in [2.45, 2.75) is 6.61 Å². The molecule has 0 aliphatic carbocycles. The molecule has 0 N–H and O–H groups in total. The highest BCUT2D eigenvalue weighted by molar-refractivity contribution is 6.30. The molecule has 0 spiro atoms. The summed E-state index contributed by atoms with van der Waals surface area (Å²) in [7, 11) is 0. The second kappa shape index (κ2) is 5.33. The van der Waals surface area contributed by atoms with Gasteiger partial charge in [-0.2, -0.15) is 5.26 Å². The molecular weight excluding hydrogens is 236 g/mol. The van der Waals surface area contributed by atoms with Gasteiger partial charge in [0.15, 0.2) is 5.15 Å². The number of rotatable bonds is 3. The lowest BCUT2D eigenvalue weighted by Crippen LogP contribution is -1.98. The summed E-state index contributed by atoms with van der Waals surface area (Å²) in [6, 6.07) is 13.3. The van der Waals surface area contributed by atoms with Gasteiger partial charge in [-0.05, 0) is 11.6 Å². The molecule has 0 saturated carbocycles. The van der Waals surface area contributed by atoms with Gasteiger partial charge in [0.05, 0.1) is 0 Å². The summed E-state index contributed by atoms with van der Waals surface area (Å²) in [5.74, 6) is 0.455. The van der Waals surface area contributed by atoms with E-state index >= 15 is 0 Å². The Hall–Kier alpha value is -2.05. The summed E-state index contributed by atoms with van der Waals surface area (Å²) in [4.78, 5) is 3.83. The third-order valence-corrected chi connectivity index (χ3v) is 2.50. The summed E-state index contributed by atoms with van der Waals surface area (Å²) in [6.45, 7) is 0.399. The number of hydrogen-bond acceptors (Lipinski definition) is 3. The molecule has 0 amide bonds. The van der Waals surface area contributed by atoms with Gasteiger partial charge in [0.1, 0.15) is 24.0 Å². The predicted molar refractivity (Wildman–Crippen MR) is 64.7 cm³/mol. The SMILES string of the molecule is N#Cc1c(OCc2ccccc2)ccnc1Cl. The van der Waals surface area contributed by atoms with Crippen LogP contribution in [0.5, 0.6) is 5.75 Å². The molecule has 0 aliphatic rings. The maximum absolute atomic E-state index is 8.94. The molecular formula is C13H9ClN2O. The van der Waals surface area contributed by atoms with Crippen molar-refractivity contribution in [3.8, 4) is 11.8 Å². The van der Waals surface area contributed by atoms with Crippen LogP contribution in [0.25, 0.3) is 0 Å². The molecule has 17 heavy (non-hydrogen) atoms. The Morgan fingerprint density at radius 3 is 2.71 bits per heavy atom. The zero-order valence-corrected chi connectivity index (χ0v) is 9.69. The smallest absolute Gasteiger partial charge is 0.150 e. The van der Waals surface area contributed by atoms with E-state index in [9.17, 15) is 0 Å². The fourth-order valence-corrected chi connectivity index (χ4v) is 1.57. The van der Waals surface area contributed by atoms with Crippen LogP contribution < -0.4 is 4.74 Å². The predicted octanol–water partition coefficient (Wildman–Crippen LogP) is 3.19. The van der Waals surface area contributed by atoms with Crippen LogP contribution in [0.2, 0.25) is 5.15 Å². The first-order valence-corrected chi connectivity index (χ1v) is 5.40. The lowest BCUT2D eigenvalue weighted by Gasteiger charge is -2.07. The first kappa shape index (κ1) is 11.4. The summed E-state index contributed by atoms with van der Waals surface area (Å²) in [5, 5.41) is 9.11. The lowest BCUT2D eigenvalue weighted by molar-refractivity contribution is 0.305. The fraction of sp³-hybridized carbons (Fsp3) is 0.0769. The number of nitriles is 1. The first-order valence-electron chi connectivity index (χ1n) is 5.02. The van der Waals surface area contributed by atoms with Crippen molar-refractivity contribution in [1.82, 2.24) is 4.98 Å². The molecule has 0 radical (unpaired) electrons. The highest BCUT2D eigenvalue weighted by Gasteiger charge is 2.08. The van der Waals surface area contributed by atoms with Crippen LogP contribution in [0, 0.1) is 11.3 Å². The van der Waals surface area contributed by atoms with E-state index in [0.717, 1.165) is 5.56 Å². The van der Waals surface area contributed by atoms with E-state index in [0.29, 0.717) is 12.4 Å². The van der Waals surface area contributed by atoms with Crippen molar-refractivity contribution < 1.29 is 4.74 Å². The quantitative estimate of drug-likeness (QED) is 0.779. The van der Waals surface area contributed by atoms with E-state index in [-0.39, 0.29) is 10.7 Å². The standard InChI is InChI=1S/C13H9ClN2O/c14-13-11(8-15)12(6-7-16-13)17-9-10-4-2-1-3-5-10/h1-7H,9H2. The average Bonchev–Trinajstić information content (AvgIpc) is 2.37. The van der Waals surface area contributed by atoms with E-state index in [1.165, 1.54) is 6.20 Å². The third kappa shape index (κ3) is 2.74. The molecule has 1 aromatic carbocycles. The Kier molecular flexibility index (Phi) is 3.59. The van der Waals surface area contributed by atoms with Crippen molar-refractivity contribution >= 4 is 11.6 Å². The Morgan fingerprint density at radius 1 is 1.24 bits per heavy atom. The van der Waals surface area contributed by atoms with Gasteiger partial charge in [0.25, 0.3) is 0 Å². The normalized spacial score (nSPS) is 9.65. The summed E-state index contributed by atoms with van der Waals surface area (Å²) >= 11 is 5.80. The number of ether oxygens (including phenoxy) is 1. The molecule has 1 heterocycles. The molecule has 0 aliphatic heterocycles. The van der Waals surface area contributed by atoms with Crippen molar-refractivity contribution in [3.63, 3.8) is 0 Å². The van der Waals surface area contributed by atoms with Gasteiger partial charge < -0.3 is 4.74 Å². The molecule has 0 saturated heterocycles. The average molecular weight is 245 g/mol. The maximum Gasteiger partial charge on any atom is 0.150 e. The van der Waals surface area contributed by atoms with Crippen LogP contribution in [0.1, 0.15) is 11.1 Å². The number of pyridine rings is 1. The van der Waals surface area contributed by atoms with Crippen LogP contribution in [-0.4, -0.2) is 4.98 Å². The Balaban J connectivity index is 2.15. The van der Waals surface area contributed by atoms with Gasteiger partial charge in [-0.25, -0.2) is 4.98 Å². The van der Waals surface area contributed by atoms with E-state index in [1.54, 1.807) is 6.07 Å². The van der Waals surface area contributed by atoms with Crippen molar-refractivity contribution in [2.75, 3.05) is 0 Å². The largest absolute Gasteiger partial charge is 0.487 e. The lowest BCUT2D eigenvalue weighted by atomic mass is 10.2. The summed E-state index contributed by atoms with van der Waals surface area (Å²) < 4.78 is 5.55. The van der Waals surface area contributed by atoms with Gasteiger partial charge >= 0.3 is 0 Å². The van der Waals surface area contributed by atoms with Crippen molar-refractivity contribution in [2.24, 2.45) is 0 Å². The molecule has 84 valence electrons. The topological polar surface area (TPSA) is 45.9 Å². The number of aromatic nitrogens is 1. The van der Waals surface area contributed by atoms with Gasteiger partial charge in [-0.3, -0.25) is 0 Å². The minimum absolute atomic E-state index is 0.165. The van der Waals surface area contributed by atoms with Crippen LogP contribution >= 0.6 is 11.6 Å². The highest BCUT2D eigenvalue weighted by Crippen LogP contribution is 2.23. The van der Waals surface area contributed by atoms with Gasteiger partial charge in [0, 0.05) is 6.20 Å². The summed E-state index contributed by atoms with van der Waals surface area (Å²) in [6.07, 6.45) is 1.52. The molecule has 0 bridgehead atoms. The second-order valence-corrected chi connectivity index (χ2v) is 3.72. The van der Waals surface area contributed by atoms with E-state index in [4.69, 9.17) is 21.6 Å². The van der Waals surface area contributed by atoms with Crippen LogP contribution in [0.15, 0.2) is 42.6 Å². The molecule has 0 unspecified atom stereocenters. The first-order chi connectivity index (χ1) is 8.31. The number of hydrogen-bond donors (Lipinski definition) is 0. The fourth-order valence-electron chi connectivity index (χ4n) is 1.38. The van der Waals surface area contributed by atoms with Gasteiger partial charge in [0.2, 0.25) is 0 Å². The van der Waals surface area contributed by atoms with Crippen LogP contribution in [0.4, 0.5) is 0 Å². The minimum atomic E-state index is 0.165. The molecule has 0 fully saturated rings. The van der Waals surface area contributed by atoms with E-state index < -0.39 is 0 Å². The zero-order valence-electron chi connectivity index (χ0n) is 8.93. The zero-order chi connectivity index (χ0) is 12.1. The molecule has 3 nitrogen and oxygen atoms in total. The van der Waals surface area contributed by atoms with Crippen LogP contribution in [0.3, 0.4) is 0 Å². The molecule has 2 rings (SSSR count). The number of nitrogens with zero attached hydrogens (tertiary/aromatic N) is 2. The highest BCUT2D eigenvalue weighted by atomic mass is 35.5. The monoisotopic (exact) mass is 244 g/mol. The van der Waals surface area contributed by atoms with Gasteiger partial charge in [-0.15, -0.1) is 0 Å². The van der Waals surface area contributed by atoms with Crippen molar-refractivity contribution in [3.05, 3.63) is 58.9 Å². The molecule has 4 heteroatoms. The Bertz CT molecular complexity index is 549. The van der Waals surface area contributed by atoms with Crippen LogP contribution in [-0.2, 0) is 6.61 Å². The second-order valence-electron chi connectivity index (χ2n) is 3.36. The number of benzene rings is 1. The Morgan fingerprint density at radius 2 is 2.00 bits per heavy atom. The van der Waals surface area contributed by atoms with E-state index in [1.807, 2.05) is 36.4 Å². The minimum Gasteiger partial charge on any atom is -0.487 e. The van der Waals surface area contributed by atoms with E-state index in [2.05, 4.69) is 4.98 Å². The third-order valence-electron chi connectivity index (χ3n) is 2.22. The molecule has 1 aromatic heterocycles. The molecule has 2 aromatic rings.